The van der Waals surface area contributed by atoms with Crippen molar-refractivity contribution >= 4 is 40.0 Å². The van der Waals surface area contributed by atoms with Gasteiger partial charge >= 0.3 is 0 Å². The quantitative estimate of drug-likeness (QED) is 0.495. The second kappa shape index (κ2) is 9.65. The lowest BCUT2D eigenvalue weighted by molar-refractivity contribution is -0.110. The van der Waals surface area contributed by atoms with E-state index < -0.39 is 18.7 Å². The number of thioether (sulfide) groups is 1. The zero-order valence-corrected chi connectivity index (χ0v) is 17.8. The zero-order valence-electron chi connectivity index (χ0n) is 17.0. The van der Waals surface area contributed by atoms with E-state index in [1.165, 1.54) is 18.0 Å². The Balaban J connectivity index is 1.54. The number of benzene rings is 1. The van der Waals surface area contributed by atoms with E-state index in [1.54, 1.807) is 6.07 Å². The fraction of sp³-hybridized carbons (Fsp3) is 0.409. The van der Waals surface area contributed by atoms with Crippen molar-refractivity contribution in [1.29, 1.82) is 0 Å². The molecule has 2 aliphatic rings. The minimum Gasteiger partial charge on any atom is -0.393 e. The number of aliphatic hydroxyl groups is 1. The van der Waals surface area contributed by atoms with Crippen molar-refractivity contribution in [3.8, 4) is 0 Å². The van der Waals surface area contributed by atoms with Crippen LogP contribution in [-0.2, 0) is 11.2 Å². The third-order valence-electron chi connectivity index (χ3n) is 5.44. The van der Waals surface area contributed by atoms with Crippen LogP contribution in [-0.4, -0.2) is 46.5 Å². The highest BCUT2D eigenvalue weighted by molar-refractivity contribution is 8.14. The number of aliphatic hydroxyl groups excluding tert-OH is 1. The van der Waals surface area contributed by atoms with Gasteiger partial charge in [-0.25, -0.2) is 9.37 Å². The number of nitrogens with one attached hydrogen (secondary N) is 3. The summed E-state index contributed by atoms with van der Waals surface area (Å²) in [4.78, 5) is 29.5. The van der Waals surface area contributed by atoms with E-state index in [9.17, 15) is 14.0 Å². The normalized spacial score (nSPS) is 16.8. The standard InChI is InChI=1S/C22H25FN4O3S/c23-14(12-28)10-25-22(30)17-11-24-20(9-18(17)26-15-3-1-2-4-15)27-16-6-5-13-7-21(29)31-19(13)8-16/h5-6,8-9,11,14-15,28H,1-4,7,10,12H2,(H,25,30)(H2,24,26,27)/t14-/m1/s1. The SMILES string of the molecule is O=C1Cc2ccc(Nc3cc(NC4CCCC4)c(C(=O)NC[C@@H](F)CO)cn3)cc2S1. The second-order valence-corrected chi connectivity index (χ2v) is 8.93. The smallest absolute Gasteiger partial charge is 0.255 e. The summed E-state index contributed by atoms with van der Waals surface area (Å²) < 4.78 is 13.3. The van der Waals surface area contributed by atoms with Crippen LogP contribution in [0.15, 0.2) is 35.4 Å². The molecule has 4 rings (SSSR count). The Labute approximate surface area is 184 Å². The Kier molecular flexibility index (Phi) is 6.72. The second-order valence-electron chi connectivity index (χ2n) is 7.83. The van der Waals surface area contributed by atoms with Gasteiger partial charge in [-0.3, -0.25) is 9.59 Å². The number of alkyl halides is 1. The van der Waals surface area contributed by atoms with Crippen molar-refractivity contribution < 1.29 is 19.1 Å². The summed E-state index contributed by atoms with van der Waals surface area (Å²) in [6.45, 7) is -0.900. The van der Waals surface area contributed by atoms with Crippen LogP contribution in [0, 0.1) is 0 Å². The first-order chi connectivity index (χ1) is 15.0. The topological polar surface area (TPSA) is 103 Å². The lowest BCUT2D eigenvalue weighted by atomic mass is 10.1. The van der Waals surface area contributed by atoms with Gasteiger partial charge in [0, 0.05) is 35.3 Å². The predicted octanol–water partition coefficient (Wildman–Crippen LogP) is 3.41. The number of anilines is 3. The molecule has 9 heteroatoms. The monoisotopic (exact) mass is 444 g/mol. The van der Waals surface area contributed by atoms with Gasteiger partial charge in [0.15, 0.2) is 5.12 Å². The molecule has 1 aliphatic heterocycles. The number of hydrogen-bond donors (Lipinski definition) is 4. The minimum absolute atomic E-state index is 0.139. The highest BCUT2D eigenvalue weighted by Crippen LogP contribution is 2.35. The molecular formula is C22H25FN4O3S. The Morgan fingerprint density at radius 2 is 2.10 bits per heavy atom. The number of carbonyl (C=O) groups is 2. The fourth-order valence-electron chi connectivity index (χ4n) is 3.81. The predicted molar refractivity (Wildman–Crippen MR) is 119 cm³/mol. The van der Waals surface area contributed by atoms with Crippen LogP contribution in [0.5, 0.6) is 0 Å². The maximum Gasteiger partial charge on any atom is 0.255 e. The van der Waals surface area contributed by atoms with E-state index >= 15 is 0 Å². The van der Waals surface area contributed by atoms with Gasteiger partial charge in [-0.1, -0.05) is 30.7 Å². The van der Waals surface area contributed by atoms with Crippen LogP contribution >= 0.6 is 11.8 Å². The first-order valence-electron chi connectivity index (χ1n) is 10.4. The molecule has 1 aromatic heterocycles. The van der Waals surface area contributed by atoms with Crippen molar-refractivity contribution in [2.24, 2.45) is 0 Å². The number of aromatic nitrogens is 1. The Morgan fingerprint density at radius 1 is 1.29 bits per heavy atom. The van der Waals surface area contributed by atoms with Crippen LogP contribution in [0.1, 0.15) is 41.6 Å². The minimum atomic E-state index is -1.51. The molecule has 0 bridgehead atoms. The average molecular weight is 445 g/mol. The number of amides is 1. The van der Waals surface area contributed by atoms with Gasteiger partial charge in [-0.05, 0) is 30.5 Å². The molecule has 4 N–H and O–H groups in total. The van der Waals surface area contributed by atoms with Gasteiger partial charge in [-0.15, -0.1) is 0 Å². The van der Waals surface area contributed by atoms with E-state index in [4.69, 9.17) is 5.11 Å². The number of carbonyl (C=O) groups excluding carboxylic acids is 2. The third kappa shape index (κ3) is 5.34. The molecule has 0 unspecified atom stereocenters. The van der Waals surface area contributed by atoms with Gasteiger partial charge in [0.25, 0.3) is 5.91 Å². The van der Waals surface area contributed by atoms with Gasteiger partial charge in [0.05, 0.1) is 24.4 Å². The van der Waals surface area contributed by atoms with Crippen LogP contribution in [0.2, 0.25) is 0 Å². The van der Waals surface area contributed by atoms with Crippen molar-refractivity contribution in [2.45, 2.75) is 49.2 Å². The van der Waals surface area contributed by atoms with Gasteiger partial charge < -0.3 is 21.1 Å². The number of pyridine rings is 1. The molecule has 0 radical (unpaired) electrons. The number of hydrogen-bond acceptors (Lipinski definition) is 7. The lowest BCUT2D eigenvalue weighted by Gasteiger charge is -2.18. The summed E-state index contributed by atoms with van der Waals surface area (Å²) in [7, 11) is 0. The molecular weight excluding hydrogens is 419 g/mol. The number of fused-ring (bicyclic) bond motifs is 1. The molecule has 7 nitrogen and oxygen atoms in total. The van der Waals surface area contributed by atoms with Crippen LogP contribution in [0.3, 0.4) is 0 Å². The molecule has 2 heterocycles. The van der Waals surface area contributed by atoms with Gasteiger partial charge in [0.2, 0.25) is 0 Å². The zero-order chi connectivity index (χ0) is 21.8. The fourth-order valence-corrected chi connectivity index (χ4v) is 4.74. The molecule has 1 aromatic carbocycles. The van der Waals surface area contributed by atoms with Gasteiger partial charge in [-0.2, -0.15) is 0 Å². The summed E-state index contributed by atoms with van der Waals surface area (Å²) in [5, 5.41) is 18.2. The largest absolute Gasteiger partial charge is 0.393 e. The molecule has 0 saturated heterocycles. The molecule has 1 aliphatic carbocycles. The van der Waals surface area contributed by atoms with Crippen molar-refractivity contribution in [2.75, 3.05) is 23.8 Å². The molecule has 1 atom stereocenters. The van der Waals surface area contributed by atoms with Crippen molar-refractivity contribution in [1.82, 2.24) is 10.3 Å². The van der Waals surface area contributed by atoms with Crippen molar-refractivity contribution in [3.63, 3.8) is 0 Å². The lowest BCUT2D eigenvalue weighted by Crippen LogP contribution is -2.32. The van der Waals surface area contributed by atoms with Gasteiger partial charge in [0.1, 0.15) is 12.0 Å². The van der Waals surface area contributed by atoms with E-state index in [0.29, 0.717) is 23.5 Å². The van der Waals surface area contributed by atoms with Crippen LogP contribution in [0.25, 0.3) is 0 Å². The molecule has 31 heavy (non-hydrogen) atoms. The number of halogens is 1. The molecule has 1 saturated carbocycles. The van der Waals surface area contributed by atoms with Crippen LogP contribution < -0.4 is 16.0 Å². The van der Waals surface area contributed by atoms with E-state index in [0.717, 1.165) is 41.8 Å². The Bertz CT molecular complexity index is 981. The van der Waals surface area contributed by atoms with E-state index in [1.807, 2.05) is 18.2 Å². The first kappa shape index (κ1) is 21.6. The number of rotatable bonds is 8. The Morgan fingerprint density at radius 3 is 2.87 bits per heavy atom. The maximum absolute atomic E-state index is 13.3. The first-order valence-corrected chi connectivity index (χ1v) is 11.2. The van der Waals surface area contributed by atoms with Crippen LogP contribution in [0.4, 0.5) is 21.6 Å². The van der Waals surface area contributed by atoms with E-state index in [-0.39, 0.29) is 17.7 Å². The molecule has 1 fully saturated rings. The average Bonchev–Trinajstić information content (AvgIpc) is 3.40. The van der Waals surface area contributed by atoms with E-state index in [2.05, 4.69) is 20.9 Å². The summed E-state index contributed by atoms with van der Waals surface area (Å²) >= 11 is 1.24. The summed E-state index contributed by atoms with van der Waals surface area (Å²) in [6.07, 6.45) is 4.75. The summed E-state index contributed by atoms with van der Waals surface area (Å²) in [6, 6.07) is 7.81. The molecule has 0 spiro atoms. The maximum atomic E-state index is 13.3. The molecule has 164 valence electrons. The number of nitrogens with zero attached hydrogens (tertiary/aromatic N) is 1. The molecule has 1 amide bonds. The third-order valence-corrected chi connectivity index (χ3v) is 6.42. The van der Waals surface area contributed by atoms with Crippen molar-refractivity contribution in [3.05, 3.63) is 41.6 Å². The highest BCUT2D eigenvalue weighted by Gasteiger charge is 2.21. The highest BCUT2D eigenvalue weighted by atomic mass is 32.2. The summed E-state index contributed by atoms with van der Waals surface area (Å²) in [5.74, 6) is 0.119. The Hall–Kier alpha value is -2.65. The molecule has 2 aromatic rings. The summed E-state index contributed by atoms with van der Waals surface area (Å²) in [5.41, 5.74) is 2.79.